The lowest BCUT2D eigenvalue weighted by molar-refractivity contribution is 0.515. The van der Waals surface area contributed by atoms with E-state index in [9.17, 15) is 4.39 Å². The Morgan fingerprint density at radius 1 is 1.46 bits per heavy atom. The molecule has 1 aromatic rings. The highest BCUT2D eigenvalue weighted by molar-refractivity contribution is 9.10. The van der Waals surface area contributed by atoms with Crippen molar-refractivity contribution in [2.45, 2.75) is 25.8 Å². The maximum Gasteiger partial charge on any atom is 0.137 e. The van der Waals surface area contributed by atoms with Crippen molar-refractivity contribution in [3.63, 3.8) is 0 Å². The first-order chi connectivity index (χ1) is 5.88. The van der Waals surface area contributed by atoms with Crippen LogP contribution in [0.25, 0.3) is 0 Å². The summed E-state index contributed by atoms with van der Waals surface area (Å²) in [7, 11) is 0. The third-order valence-electron chi connectivity index (χ3n) is 1.64. The van der Waals surface area contributed by atoms with Gasteiger partial charge in [-0.05, 0) is 53.9 Å². The molecule has 0 aliphatic carbocycles. The fourth-order valence-electron chi connectivity index (χ4n) is 1.18. The van der Waals surface area contributed by atoms with Gasteiger partial charge in [0.1, 0.15) is 5.82 Å². The molecule has 0 saturated carbocycles. The largest absolute Gasteiger partial charge is 0.325 e. The molecular formula is C10H13BrFN. The summed E-state index contributed by atoms with van der Waals surface area (Å²) < 4.78 is 13.3. The Bertz CT molecular complexity index is 304. The van der Waals surface area contributed by atoms with Crippen LogP contribution in [0.15, 0.2) is 22.7 Å². The lowest BCUT2D eigenvalue weighted by Crippen LogP contribution is -2.34. The second-order valence-electron chi connectivity index (χ2n) is 3.91. The summed E-state index contributed by atoms with van der Waals surface area (Å²) in [4.78, 5) is 0. The van der Waals surface area contributed by atoms with Crippen LogP contribution in [0, 0.1) is 5.82 Å². The highest BCUT2D eigenvalue weighted by atomic mass is 79.9. The molecule has 0 amide bonds. The van der Waals surface area contributed by atoms with Crippen LogP contribution >= 0.6 is 15.9 Å². The van der Waals surface area contributed by atoms with E-state index >= 15 is 0 Å². The van der Waals surface area contributed by atoms with Crippen LogP contribution in [0.3, 0.4) is 0 Å². The predicted molar refractivity (Wildman–Crippen MR) is 56.1 cm³/mol. The quantitative estimate of drug-likeness (QED) is 0.853. The van der Waals surface area contributed by atoms with Gasteiger partial charge < -0.3 is 5.73 Å². The van der Waals surface area contributed by atoms with E-state index in [1.807, 2.05) is 13.8 Å². The average molecular weight is 246 g/mol. The van der Waals surface area contributed by atoms with Crippen molar-refractivity contribution in [2.75, 3.05) is 0 Å². The second-order valence-corrected chi connectivity index (χ2v) is 4.77. The standard InChI is InChI=1S/C10H13BrFN/c1-10(2,13)6-7-3-4-9(12)8(11)5-7/h3-5H,6,13H2,1-2H3. The Morgan fingerprint density at radius 3 is 2.54 bits per heavy atom. The molecule has 72 valence electrons. The zero-order valence-corrected chi connectivity index (χ0v) is 9.36. The number of hydrogen-bond donors (Lipinski definition) is 1. The van der Waals surface area contributed by atoms with Crippen LogP contribution in [0.4, 0.5) is 4.39 Å². The lowest BCUT2D eigenvalue weighted by atomic mass is 9.96. The molecule has 0 aliphatic rings. The van der Waals surface area contributed by atoms with Gasteiger partial charge in [0.05, 0.1) is 4.47 Å². The zero-order chi connectivity index (χ0) is 10.1. The van der Waals surface area contributed by atoms with E-state index in [1.165, 1.54) is 6.07 Å². The molecule has 0 spiro atoms. The molecule has 2 N–H and O–H groups in total. The number of rotatable bonds is 2. The van der Waals surface area contributed by atoms with E-state index in [4.69, 9.17) is 5.73 Å². The topological polar surface area (TPSA) is 26.0 Å². The molecule has 0 fully saturated rings. The number of benzene rings is 1. The molecule has 0 saturated heterocycles. The van der Waals surface area contributed by atoms with Gasteiger partial charge in [-0.3, -0.25) is 0 Å². The van der Waals surface area contributed by atoms with Crippen LogP contribution in [-0.4, -0.2) is 5.54 Å². The van der Waals surface area contributed by atoms with Gasteiger partial charge in [0.2, 0.25) is 0 Å². The van der Waals surface area contributed by atoms with Gasteiger partial charge in [-0.15, -0.1) is 0 Å². The van der Waals surface area contributed by atoms with Gasteiger partial charge in [-0.1, -0.05) is 6.07 Å². The van der Waals surface area contributed by atoms with Gasteiger partial charge >= 0.3 is 0 Å². The van der Waals surface area contributed by atoms with E-state index in [1.54, 1.807) is 12.1 Å². The molecule has 3 heteroatoms. The smallest absolute Gasteiger partial charge is 0.137 e. The predicted octanol–water partition coefficient (Wildman–Crippen LogP) is 2.87. The zero-order valence-electron chi connectivity index (χ0n) is 7.77. The van der Waals surface area contributed by atoms with E-state index in [0.29, 0.717) is 4.47 Å². The molecule has 0 aliphatic heterocycles. The molecule has 0 aromatic heterocycles. The highest BCUT2D eigenvalue weighted by Gasteiger charge is 2.12. The molecule has 0 unspecified atom stereocenters. The summed E-state index contributed by atoms with van der Waals surface area (Å²) in [5.74, 6) is -0.237. The number of hydrogen-bond acceptors (Lipinski definition) is 1. The van der Waals surface area contributed by atoms with Crippen LogP contribution < -0.4 is 5.73 Å². The summed E-state index contributed by atoms with van der Waals surface area (Å²) in [6, 6.07) is 4.98. The normalized spacial score (nSPS) is 11.8. The third-order valence-corrected chi connectivity index (χ3v) is 2.25. The van der Waals surface area contributed by atoms with Crippen molar-refractivity contribution in [3.8, 4) is 0 Å². The third kappa shape index (κ3) is 3.44. The van der Waals surface area contributed by atoms with Gasteiger partial charge in [-0.25, -0.2) is 4.39 Å². The molecule has 0 radical (unpaired) electrons. The molecular weight excluding hydrogens is 233 g/mol. The van der Waals surface area contributed by atoms with Crippen LogP contribution in [-0.2, 0) is 6.42 Å². The van der Waals surface area contributed by atoms with Crippen LogP contribution in [0.1, 0.15) is 19.4 Å². The SMILES string of the molecule is CC(C)(N)Cc1ccc(F)c(Br)c1. The monoisotopic (exact) mass is 245 g/mol. The van der Waals surface area contributed by atoms with Crippen molar-refractivity contribution in [2.24, 2.45) is 5.73 Å². The van der Waals surface area contributed by atoms with Crippen molar-refractivity contribution < 1.29 is 4.39 Å². The summed E-state index contributed by atoms with van der Waals surface area (Å²) in [5.41, 5.74) is 6.64. The van der Waals surface area contributed by atoms with E-state index in [0.717, 1.165) is 12.0 Å². The van der Waals surface area contributed by atoms with Crippen LogP contribution in [0.2, 0.25) is 0 Å². The van der Waals surface area contributed by atoms with E-state index in [-0.39, 0.29) is 11.4 Å². The molecule has 0 bridgehead atoms. The van der Waals surface area contributed by atoms with Crippen molar-refractivity contribution >= 4 is 15.9 Å². The minimum absolute atomic E-state index is 0.237. The molecule has 0 atom stereocenters. The number of nitrogens with two attached hydrogens (primary N) is 1. The Morgan fingerprint density at radius 2 is 2.08 bits per heavy atom. The van der Waals surface area contributed by atoms with Gasteiger partial charge in [0.15, 0.2) is 0 Å². The first kappa shape index (κ1) is 10.7. The van der Waals surface area contributed by atoms with Gasteiger partial charge in [-0.2, -0.15) is 0 Å². The van der Waals surface area contributed by atoms with Crippen molar-refractivity contribution in [3.05, 3.63) is 34.1 Å². The molecule has 13 heavy (non-hydrogen) atoms. The second kappa shape index (κ2) is 3.76. The fourth-order valence-corrected chi connectivity index (χ4v) is 1.60. The van der Waals surface area contributed by atoms with Crippen LogP contribution in [0.5, 0.6) is 0 Å². The summed E-state index contributed by atoms with van der Waals surface area (Å²) in [5, 5.41) is 0. The molecule has 1 rings (SSSR count). The minimum Gasteiger partial charge on any atom is -0.325 e. The summed E-state index contributed by atoms with van der Waals surface area (Å²) >= 11 is 3.14. The molecule has 1 nitrogen and oxygen atoms in total. The highest BCUT2D eigenvalue weighted by Crippen LogP contribution is 2.19. The lowest BCUT2D eigenvalue weighted by Gasteiger charge is -2.18. The minimum atomic E-state index is -0.253. The summed E-state index contributed by atoms with van der Waals surface area (Å²) in [6.45, 7) is 3.90. The van der Waals surface area contributed by atoms with Gasteiger partial charge in [0, 0.05) is 5.54 Å². The summed E-state index contributed by atoms with van der Waals surface area (Å²) in [6.07, 6.45) is 0.742. The van der Waals surface area contributed by atoms with Gasteiger partial charge in [0.25, 0.3) is 0 Å². The maximum atomic E-state index is 12.9. The molecule has 1 aromatic carbocycles. The Balaban J connectivity index is 2.86. The Kier molecular flexibility index (Phi) is 3.09. The van der Waals surface area contributed by atoms with E-state index < -0.39 is 0 Å². The average Bonchev–Trinajstić information content (AvgIpc) is 1.94. The Hall–Kier alpha value is -0.410. The first-order valence-electron chi connectivity index (χ1n) is 4.11. The maximum absolute atomic E-state index is 12.9. The first-order valence-corrected chi connectivity index (χ1v) is 4.90. The van der Waals surface area contributed by atoms with Crippen molar-refractivity contribution in [1.29, 1.82) is 0 Å². The molecule has 0 heterocycles. The Labute approximate surface area is 86.3 Å². The van der Waals surface area contributed by atoms with Crippen molar-refractivity contribution in [1.82, 2.24) is 0 Å². The fraction of sp³-hybridized carbons (Fsp3) is 0.400. The number of halogens is 2. The van der Waals surface area contributed by atoms with E-state index in [2.05, 4.69) is 15.9 Å².